The van der Waals surface area contributed by atoms with Crippen molar-refractivity contribution < 1.29 is 0 Å². The predicted octanol–water partition coefficient (Wildman–Crippen LogP) is 2.56. The zero-order valence-electron chi connectivity index (χ0n) is 11.8. The minimum absolute atomic E-state index is 0.417. The molecule has 4 nitrogen and oxygen atoms in total. The third kappa shape index (κ3) is 1.95. The van der Waals surface area contributed by atoms with E-state index in [0.29, 0.717) is 6.04 Å². The van der Waals surface area contributed by atoms with Gasteiger partial charge in [-0.15, -0.1) is 10.2 Å². The van der Waals surface area contributed by atoms with E-state index in [-0.39, 0.29) is 0 Å². The summed E-state index contributed by atoms with van der Waals surface area (Å²) in [5.74, 6) is 2.93. The molecule has 1 N–H and O–H groups in total. The van der Waals surface area contributed by atoms with Crippen molar-refractivity contribution in [3.63, 3.8) is 0 Å². The lowest BCUT2D eigenvalue weighted by Crippen LogP contribution is -2.35. The second-order valence-corrected chi connectivity index (χ2v) is 5.85. The van der Waals surface area contributed by atoms with Gasteiger partial charge in [-0.25, -0.2) is 0 Å². The lowest BCUT2D eigenvalue weighted by Gasteiger charge is -2.25. The largest absolute Gasteiger partial charge is 0.308 e. The Bertz CT molecular complexity index is 610. The highest BCUT2D eigenvalue weighted by atomic mass is 15.3. The van der Waals surface area contributed by atoms with Crippen LogP contribution in [0, 0.1) is 5.92 Å². The van der Waals surface area contributed by atoms with Gasteiger partial charge in [0, 0.05) is 18.7 Å². The zero-order valence-corrected chi connectivity index (χ0v) is 11.8. The van der Waals surface area contributed by atoms with Crippen molar-refractivity contribution >= 4 is 0 Å². The van der Waals surface area contributed by atoms with E-state index in [1.54, 1.807) is 0 Å². The summed E-state index contributed by atoms with van der Waals surface area (Å²) in [6, 6.07) is 9.14. The molecule has 0 radical (unpaired) electrons. The second kappa shape index (κ2) is 4.70. The van der Waals surface area contributed by atoms with Gasteiger partial charge in [-0.2, -0.15) is 0 Å². The SMILES string of the molecule is CCc1ccc(-c2nnc3n2CCNC3C2CC2)cc1. The van der Waals surface area contributed by atoms with Crippen LogP contribution in [0.3, 0.4) is 0 Å². The first kappa shape index (κ1) is 12.1. The van der Waals surface area contributed by atoms with E-state index < -0.39 is 0 Å². The molecule has 0 saturated heterocycles. The quantitative estimate of drug-likeness (QED) is 0.930. The van der Waals surface area contributed by atoms with E-state index in [1.807, 2.05) is 0 Å². The van der Waals surface area contributed by atoms with Gasteiger partial charge in [-0.3, -0.25) is 0 Å². The standard InChI is InChI=1S/C16H20N4/c1-2-11-3-5-13(6-4-11)15-18-19-16-14(12-7-8-12)17-9-10-20(15)16/h3-6,12,14,17H,2,7-10H2,1H3. The van der Waals surface area contributed by atoms with Crippen LogP contribution in [0.25, 0.3) is 11.4 Å². The van der Waals surface area contributed by atoms with Gasteiger partial charge >= 0.3 is 0 Å². The molecule has 2 heterocycles. The molecule has 1 saturated carbocycles. The third-order valence-corrected chi connectivity index (χ3v) is 4.47. The summed E-state index contributed by atoms with van der Waals surface area (Å²) in [5, 5.41) is 12.5. The van der Waals surface area contributed by atoms with Gasteiger partial charge in [0.1, 0.15) is 0 Å². The Balaban J connectivity index is 1.71. The van der Waals surface area contributed by atoms with Crippen LogP contribution in [0.2, 0.25) is 0 Å². The van der Waals surface area contributed by atoms with E-state index >= 15 is 0 Å². The Kier molecular flexibility index (Phi) is 2.84. The number of hydrogen-bond donors (Lipinski definition) is 1. The first-order valence-electron chi connectivity index (χ1n) is 7.62. The summed E-state index contributed by atoms with van der Waals surface area (Å²) in [4.78, 5) is 0. The molecule has 4 rings (SSSR count). The summed E-state index contributed by atoms with van der Waals surface area (Å²) in [6.07, 6.45) is 3.72. The summed E-state index contributed by atoms with van der Waals surface area (Å²) >= 11 is 0. The molecule has 1 aromatic carbocycles. The van der Waals surface area contributed by atoms with E-state index in [9.17, 15) is 0 Å². The zero-order chi connectivity index (χ0) is 13.5. The molecule has 2 aliphatic rings. The van der Waals surface area contributed by atoms with Crippen molar-refractivity contribution in [3.8, 4) is 11.4 Å². The van der Waals surface area contributed by atoms with Crippen LogP contribution in [0.15, 0.2) is 24.3 Å². The van der Waals surface area contributed by atoms with Crippen LogP contribution in [0.5, 0.6) is 0 Å². The van der Waals surface area contributed by atoms with Gasteiger partial charge in [-0.05, 0) is 30.7 Å². The summed E-state index contributed by atoms with van der Waals surface area (Å²) in [6.45, 7) is 4.17. The molecule has 4 heteroatoms. The average Bonchev–Trinajstić information content (AvgIpc) is 3.26. The maximum atomic E-state index is 4.47. The molecule has 0 amide bonds. The topological polar surface area (TPSA) is 42.7 Å². The average molecular weight is 268 g/mol. The van der Waals surface area contributed by atoms with Gasteiger partial charge in [0.05, 0.1) is 6.04 Å². The number of nitrogens with zero attached hydrogens (tertiary/aromatic N) is 3. The Morgan fingerprint density at radius 3 is 2.70 bits per heavy atom. The molecular formula is C16H20N4. The Morgan fingerprint density at radius 1 is 1.20 bits per heavy atom. The highest BCUT2D eigenvalue weighted by Gasteiger charge is 2.37. The molecule has 1 aliphatic heterocycles. The monoisotopic (exact) mass is 268 g/mol. The maximum absolute atomic E-state index is 4.47. The first-order chi connectivity index (χ1) is 9.86. The highest BCUT2D eigenvalue weighted by molar-refractivity contribution is 5.56. The molecule has 0 bridgehead atoms. The van der Waals surface area contributed by atoms with Crippen molar-refractivity contribution in [2.24, 2.45) is 5.92 Å². The van der Waals surface area contributed by atoms with Crippen LogP contribution in [0.4, 0.5) is 0 Å². The van der Waals surface area contributed by atoms with E-state index in [1.165, 1.54) is 24.0 Å². The summed E-state index contributed by atoms with van der Waals surface area (Å²) in [7, 11) is 0. The second-order valence-electron chi connectivity index (χ2n) is 5.85. The normalized spacial score (nSPS) is 21.8. The number of nitrogens with one attached hydrogen (secondary N) is 1. The number of fused-ring (bicyclic) bond motifs is 1. The number of rotatable bonds is 3. The maximum Gasteiger partial charge on any atom is 0.164 e. The lowest BCUT2D eigenvalue weighted by atomic mass is 10.1. The first-order valence-corrected chi connectivity index (χ1v) is 7.62. The molecule has 0 spiro atoms. The molecule has 1 aromatic heterocycles. The molecule has 20 heavy (non-hydrogen) atoms. The molecule has 1 atom stereocenters. The fourth-order valence-corrected chi connectivity index (χ4v) is 3.10. The number of aromatic nitrogens is 3. The Morgan fingerprint density at radius 2 is 2.00 bits per heavy atom. The third-order valence-electron chi connectivity index (χ3n) is 4.47. The van der Waals surface area contributed by atoms with E-state index in [2.05, 4.69) is 51.3 Å². The fraction of sp³-hybridized carbons (Fsp3) is 0.500. The van der Waals surface area contributed by atoms with Crippen LogP contribution >= 0.6 is 0 Å². The van der Waals surface area contributed by atoms with Crippen LogP contribution in [0.1, 0.15) is 37.2 Å². The minimum Gasteiger partial charge on any atom is -0.308 e. The van der Waals surface area contributed by atoms with Gasteiger partial charge < -0.3 is 9.88 Å². The van der Waals surface area contributed by atoms with Gasteiger partial charge in [0.25, 0.3) is 0 Å². The van der Waals surface area contributed by atoms with Crippen molar-refractivity contribution in [1.29, 1.82) is 0 Å². The molecule has 104 valence electrons. The van der Waals surface area contributed by atoms with Crippen LogP contribution < -0.4 is 5.32 Å². The molecule has 1 unspecified atom stereocenters. The van der Waals surface area contributed by atoms with Gasteiger partial charge in [0.15, 0.2) is 11.6 Å². The van der Waals surface area contributed by atoms with Crippen molar-refractivity contribution in [1.82, 2.24) is 20.1 Å². The smallest absolute Gasteiger partial charge is 0.164 e. The van der Waals surface area contributed by atoms with Crippen molar-refractivity contribution in [2.75, 3.05) is 6.54 Å². The van der Waals surface area contributed by atoms with Crippen molar-refractivity contribution in [2.45, 2.75) is 38.8 Å². The van der Waals surface area contributed by atoms with Gasteiger partial charge in [0.2, 0.25) is 0 Å². The van der Waals surface area contributed by atoms with Crippen LogP contribution in [-0.2, 0) is 13.0 Å². The predicted molar refractivity (Wildman–Crippen MR) is 78.3 cm³/mol. The fourth-order valence-electron chi connectivity index (χ4n) is 3.10. The Hall–Kier alpha value is -1.68. The highest BCUT2D eigenvalue weighted by Crippen LogP contribution is 2.41. The van der Waals surface area contributed by atoms with E-state index in [4.69, 9.17) is 0 Å². The Labute approximate surface area is 119 Å². The summed E-state index contributed by atoms with van der Waals surface area (Å²) in [5.41, 5.74) is 2.54. The van der Waals surface area contributed by atoms with Crippen LogP contribution in [-0.4, -0.2) is 21.3 Å². The lowest BCUT2D eigenvalue weighted by molar-refractivity contribution is 0.383. The number of aryl methyl sites for hydroxylation is 1. The van der Waals surface area contributed by atoms with E-state index in [0.717, 1.165) is 37.1 Å². The molecule has 1 fully saturated rings. The van der Waals surface area contributed by atoms with Gasteiger partial charge in [-0.1, -0.05) is 31.2 Å². The molecule has 1 aliphatic carbocycles. The van der Waals surface area contributed by atoms with Crippen molar-refractivity contribution in [3.05, 3.63) is 35.7 Å². The molecular weight excluding hydrogens is 248 g/mol. The number of benzene rings is 1. The summed E-state index contributed by atoms with van der Waals surface area (Å²) < 4.78 is 2.31. The minimum atomic E-state index is 0.417. The molecule has 2 aromatic rings. The number of hydrogen-bond acceptors (Lipinski definition) is 3.